The first-order chi connectivity index (χ1) is 4.93. The summed E-state index contributed by atoms with van der Waals surface area (Å²) in [7, 11) is 0. The highest BCUT2D eigenvalue weighted by Crippen LogP contribution is 2.14. The highest BCUT2D eigenvalue weighted by atomic mass is 16.5. The maximum Gasteiger partial charge on any atom is 0.152 e. The summed E-state index contributed by atoms with van der Waals surface area (Å²) in [4.78, 5) is 0. The molecule has 0 radical (unpaired) electrons. The summed E-state index contributed by atoms with van der Waals surface area (Å²) >= 11 is 0. The van der Waals surface area contributed by atoms with Crippen LogP contribution in [0.15, 0.2) is 11.8 Å². The molecule has 0 unspecified atom stereocenters. The summed E-state index contributed by atoms with van der Waals surface area (Å²) < 4.78 is 5.15. The topological polar surface area (TPSA) is 33.0 Å². The molecule has 0 aromatic rings. The van der Waals surface area contributed by atoms with Gasteiger partial charge < -0.3 is 4.74 Å². The minimum atomic E-state index is 0.792. The average Bonchev–Trinajstić information content (AvgIpc) is 2.41. The predicted octanol–water partition coefficient (Wildman–Crippen LogP) is 1.21. The van der Waals surface area contributed by atoms with E-state index in [-0.39, 0.29) is 0 Å². The normalized spacial score (nSPS) is 18.9. The Morgan fingerprint density at radius 1 is 1.60 bits per heavy atom. The molecule has 0 aromatic heterocycles. The van der Waals surface area contributed by atoms with Crippen LogP contribution in [0.1, 0.15) is 12.8 Å². The number of allylic oxidation sites excluding steroid dienone is 2. The first-order valence-electron chi connectivity index (χ1n) is 3.15. The van der Waals surface area contributed by atoms with Crippen LogP contribution in [0.4, 0.5) is 0 Å². The van der Waals surface area contributed by atoms with Crippen molar-refractivity contribution in [1.82, 2.24) is 0 Å². The predicted molar refractivity (Wildman–Crippen MR) is 36.7 cm³/mol. The average molecular weight is 133 g/mol. The molecule has 10 heavy (non-hydrogen) atoms. The van der Waals surface area contributed by atoms with E-state index in [4.69, 9.17) is 10.00 Å². The van der Waals surface area contributed by atoms with E-state index in [1.807, 2.05) is 0 Å². The molecule has 1 aliphatic heterocycles. The smallest absolute Gasteiger partial charge is 0.152 e. The zero-order valence-corrected chi connectivity index (χ0v) is 5.55. The molecular weight excluding hydrogens is 126 g/mol. The molecule has 0 atom stereocenters. The Morgan fingerprint density at radius 3 is 3.10 bits per heavy atom. The minimum absolute atomic E-state index is 0.792. The third-order valence-corrected chi connectivity index (χ3v) is 1.22. The molecule has 2 nitrogen and oxygen atoms in total. The van der Waals surface area contributed by atoms with Gasteiger partial charge in [0.15, 0.2) is 6.07 Å². The first kappa shape index (κ1) is 6.71. The van der Waals surface area contributed by atoms with Gasteiger partial charge in [0, 0.05) is 18.4 Å². The van der Waals surface area contributed by atoms with Crippen molar-refractivity contribution in [3.05, 3.63) is 11.8 Å². The third-order valence-electron chi connectivity index (χ3n) is 1.22. The van der Waals surface area contributed by atoms with E-state index in [1.165, 1.54) is 0 Å². The molecule has 1 heterocycles. The highest BCUT2D eigenvalue weighted by Gasteiger charge is 2.04. The van der Waals surface area contributed by atoms with Crippen LogP contribution in [0.25, 0.3) is 0 Å². The number of hydrogen-bond donors (Lipinski definition) is 0. The van der Waals surface area contributed by atoms with Gasteiger partial charge in [0.25, 0.3) is 0 Å². The van der Waals surface area contributed by atoms with E-state index >= 15 is 0 Å². The molecule has 50 valence electrons. The summed E-state index contributed by atoms with van der Waals surface area (Å²) in [5, 5.41) is 8.05. The SMILES string of the molecule is N#CC#C/C=C1/CCCO1. The molecule has 0 aliphatic carbocycles. The van der Waals surface area contributed by atoms with Crippen molar-refractivity contribution in [2.24, 2.45) is 0 Å². The van der Waals surface area contributed by atoms with Crippen molar-refractivity contribution in [2.45, 2.75) is 12.8 Å². The van der Waals surface area contributed by atoms with Gasteiger partial charge in [0.05, 0.1) is 6.61 Å². The lowest BCUT2D eigenvalue weighted by Gasteiger charge is -1.90. The fourth-order valence-corrected chi connectivity index (χ4v) is 0.785. The van der Waals surface area contributed by atoms with Gasteiger partial charge in [0.2, 0.25) is 0 Å². The Kier molecular flexibility index (Phi) is 2.40. The quantitative estimate of drug-likeness (QED) is 0.465. The van der Waals surface area contributed by atoms with Crippen molar-refractivity contribution >= 4 is 0 Å². The van der Waals surface area contributed by atoms with Crippen LogP contribution in [-0.4, -0.2) is 6.61 Å². The van der Waals surface area contributed by atoms with Crippen LogP contribution in [-0.2, 0) is 4.74 Å². The van der Waals surface area contributed by atoms with Crippen LogP contribution >= 0.6 is 0 Å². The fraction of sp³-hybridized carbons (Fsp3) is 0.375. The molecule has 0 aromatic carbocycles. The molecule has 0 N–H and O–H groups in total. The van der Waals surface area contributed by atoms with Crippen LogP contribution in [0.2, 0.25) is 0 Å². The van der Waals surface area contributed by atoms with Gasteiger partial charge in [-0.3, -0.25) is 0 Å². The number of nitriles is 1. The first-order valence-corrected chi connectivity index (χ1v) is 3.15. The van der Waals surface area contributed by atoms with E-state index in [9.17, 15) is 0 Å². The van der Waals surface area contributed by atoms with Crippen LogP contribution in [0, 0.1) is 23.2 Å². The summed E-state index contributed by atoms with van der Waals surface area (Å²) in [6, 6.07) is 1.73. The van der Waals surface area contributed by atoms with Gasteiger partial charge in [0.1, 0.15) is 5.76 Å². The molecule has 2 heteroatoms. The summed E-state index contributed by atoms with van der Waals surface area (Å²) in [6.45, 7) is 0.792. The summed E-state index contributed by atoms with van der Waals surface area (Å²) in [5.74, 6) is 5.76. The molecule has 0 bridgehead atoms. The molecule has 1 rings (SSSR count). The second-order valence-corrected chi connectivity index (χ2v) is 1.94. The van der Waals surface area contributed by atoms with Crippen molar-refractivity contribution in [1.29, 1.82) is 5.26 Å². The molecule has 0 amide bonds. The Morgan fingerprint density at radius 2 is 2.50 bits per heavy atom. The van der Waals surface area contributed by atoms with Gasteiger partial charge in [-0.05, 0) is 6.42 Å². The van der Waals surface area contributed by atoms with E-state index in [2.05, 4.69) is 11.8 Å². The number of rotatable bonds is 0. The van der Waals surface area contributed by atoms with Crippen LogP contribution in [0.5, 0.6) is 0 Å². The molecular formula is C8H7NO. The van der Waals surface area contributed by atoms with Gasteiger partial charge in [-0.2, -0.15) is 5.26 Å². The Balaban J connectivity index is 2.48. The van der Waals surface area contributed by atoms with Gasteiger partial charge in [-0.25, -0.2) is 0 Å². The zero-order chi connectivity index (χ0) is 7.23. The Bertz CT molecular complexity index is 228. The Labute approximate surface area is 60.1 Å². The zero-order valence-electron chi connectivity index (χ0n) is 5.55. The summed E-state index contributed by atoms with van der Waals surface area (Å²) in [5.41, 5.74) is 0. The van der Waals surface area contributed by atoms with Crippen LogP contribution < -0.4 is 0 Å². The van der Waals surface area contributed by atoms with Crippen LogP contribution in [0.3, 0.4) is 0 Å². The van der Waals surface area contributed by atoms with Crippen molar-refractivity contribution in [3.63, 3.8) is 0 Å². The van der Waals surface area contributed by atoms with E-state index in [0.717, 1.165) is 25.2 Å². The minimum Gasteiger partial charge on any atom is -0.497 e. The fourth-order valence-electron chi connectivity index (χ4n) is 0.785. The van der Waals surface area contributed by atoms with Crippen molar-refractivity contribution in [2.75, 3.05) is 6.61 Å². The maximum atomic E-state index is 8.05. The lowest BCUT2D eigenvalue weighted by Crippen LogP contribution is -1.76. The molecule has 1 aliphatic rings. The second-order valence-electron chi connectivity index (χ2n) is 1.94. The number of hydrogen-bond acceptors (Lipinski definition) is 2. The molecule has 0 saturated carbocycles. The lowest BCUT2D eigenvalue weighted by molar-refractivity contribution is 0.263. The lowest BCUT2D eigenvalue weighted by atomic mass is 10.3. The molecule has 1 saturated heterocycles. The summed E-state index contributed by atoms with van der Waals surface area (Å²) in [6.07, 6.45) is 3.69. The Hall–Kier alpha value is -1.41. The maximum absolute atomic E-state index is 8.05. The second kappa shape index (κ2) is 3.58. The van der Waals surface area contributed by atoms with E-state index in [1.54, 1.807) is 12.1 Å². The highest BCUT2D eigenvalue weighted by molar-refractivity contribution is 5.26. The van der Waals surface area contributed by atoms with Crippen molar-refractivity contribution in [3.8, 4) is 17.9 Å². The number of ether oxygens (including phenoxy) is 1. The third kappa shape index (κ3) is 1.84. The van der Waals surface area contributed by atoms with Gasteiger partial charge in [-0.1, -0.05) is 5.92 Å². The monoisotopic (exact) mass is 133 g/mol. The number of nitrogens with zero attached hydrogens (tertiary/aromatic N) is 1. The van der Waals surface area contributed by atoms with Gasteiger partial charge >= 0.3 is 0 Å². The van der Waals surface area contributed by atoms with Crippen molar-refractivity contribution < 1.29 is 4.74 Å². The molecule has 0 spiro atoms. The largest absolute Gasteiger partial charge is 0.497 e. The van der Waals surface area contributed by atoms with E-state index < -0.39 is 0 Å². The molecule has 1 fully saturated rings. The van der Waals surface area contributed by atoms with E-state index in [0.29, 0.717) is 0 Å². The van der Waals surface area contributed by atoms with Gasteiger partial charge in [-0.15, -0.1) is 0 Å². The standard InChI is InChI=1S/C8H7NO/c9-6-2-1-4-8-5-3-7-10-8/h4H,3,5,7H2/b8-4-.